The zero-order valence-electron chi connectivity index (χ0n) is 52.2. The molecule has 7 aromatic carbocycles. The third kappa shape index (κ3) is 9.38. The van der Waals surface area contributed by atoms with Crippen molar-refractivity contribution in [3.8, 4) is 46.0 Å². The molecule has 19 heteroatoms. The van der Waals surface area contributed by atoms with E-state index in [9.17, 15) is 33.6 Å². The molecule has 7 heterocycles. The van der Waals surface area contributed by atoms with Crippen molar-refractivity contribution in [2.75, 3.05) is 27.2 Å². The Morgan fingerprint density at radius 1 is 0.355 bits per heavy atom. The van der Waals surface area contributed by atoms with E-state index in [0.717, 1.165) is 11.1 Å². The molecule has 6 amide bonds. The van der Waals surface area contributed by atoms with E-state index < -0.39 is 92.3 Å². The van der Waals surface area contributed by atoms with Crippen LogP contribution in [0, 0.1) is 0 Å². The molecular weight excluding hydrogens is 1190 g/mol. The van der Waals surface area contributed by atoms with Crippen molar-refractivity contribution in [2.45, 2.75) is 136 Å². The van der Waals surface area contributed by atoms with Crippen LogP contribution in [-0.2, 0) is 35.8 Å². The normalized spacial score (nSPS) is 19.1. The number of nitrogens with zero attached hydrogens (tertiary/aromatic N) is 3. The Hall–Kier alpha value is -10.2. The number of ether oxygens (including phenoxy) is 9. The Labute approximate surface area is 536 Å². The van der Waals surface area contributed by atoms with Gasteiger partial charge in [-0.05, 0) is 86.3 Å². The SMILES string of the molecule is CCC[C@@H]1c2cc3c4c(CN5C(=O)c6ccccc6C5=O)c2OCOc2c1cc1c(c2CN2C(=O)c5ccccc5C2=O)OCOc2c(cc5c(c2COC(C)=O)OCOc2c(cc(c(c2CN2C(=O)c6ccccc6C2=O)OCO4)[C@@H]3CCC)[C@H]5CCC)[C@@H]1CCC. The monoisotopic (exact) mass is 1250 g/mol. The van der Waals surface area contributed by atoms with Gasteiger partial charge in [-0.1, -0.05) is 89.8 Å². The molecule has 93 heavy (non-hydrogen) atoms. The first kappa shape index (κ1) is 59.2. The Bertz CT molecular complexity index is 4070. The topological polar surface area (TPSA) is 212 Å². The Morgan fingerprint density at radius 2 is 0.559 bits per heavy atom. The number of imide groups is 3. The molecule has 0 saturated carbocycles. The molecule has 8 aliphatic rings. The first-order valence-corrected chi connectivity index (χ1v) is 32.1. The molecule has 15 rings (SSSR count). The molecule has 0 saturated heterocycles. The van der Waals surface area contributed by atoms with Gasteiger partial charge in [-0.15, -0.1) is 0 Å². The number of hydrogen-bond donors (Lipinski definition) is 0. The molecule has 0 radical (unpaired) electrons. The van der Waals surface area contributed by atoms with Crippen molar-refractivity contribution < 1.29 is 76.2 Å². The number of rotatable bonds is 16. The molecule has 0 aromatic heterocycles. The van der Waals surface area contributed by atoms with Crippen molar-refractivity contribution >= 4 is 41.4 Å². The first-order valence-electron chi connectivity index (χ1n) is 32.1. The third-order valence-electron chi connectivity index (χ3n) is 19.5. The second-order valence-electron chi connectivity index (χ2n) is 24.8. The summed E-state index contributed by atoms with van der Waals surface area (Å²) in [5, 5.41) is 0. The fraction of sp³-hybridized carbons (Fsp3) is 0.338. The molecule has 8 bridgehead atoms. The van der Waals surface area contributed by atoms with Gasteiger partial charge in [0.25, 0.3) is 35.4 Å². The van der Waals surface area contributed by atoms with Crippen LogP contribution in [0.5, 0.6) is 46.0 Å². The minimum atomic E-state index is -0.612. The maximum atomic E-state index is 14.7. The van der Waals surface area contributed by atoms with Crippen molar-refractivity contribution in [1.29, 1.82) is 0 Å². The van der Waals surface area contributed by atoms with Crippen LogP contribution < -0.4 is 37.9 Å². The number of benzene rings is 7. The van der Waals surface area contributed by atoms with E-state index in [0.29, 0.717) is 153 Å². The standard InChI is InChI=1S/C74H67N3O16/c1-6-16-39-49-26-50-40(17-7-2)52-28-54-42(19-9-4)56-29-55-41(18-8-3)53-27-51(39)63-58(31-76-71(81)45-22-12-13-23-46(45)72(76)82)65(53)90-36-92-67(55)60(33-85-38(5)78)68(56)93-37-91-66(54)59(32-77-73(83)47-24-14-15-25-48(47)74(77)84)64(52)89-35-87-62(50)57(61(49)86-34-88-63)30-75-69(79)43-20-10-11-21-44(43)70(75)80/h10-15,20-29,39-42H,6-9,16-19,30-37H2,1-5H3/t39-,40-,41-,42-/m1/s1. The smallest absolute Gasteiger partial charge is 0.302 e. The number of esters is 1. The summed E-state index contributed by atoms with van der Waals surface area (Å²) >= 11 is 0. The predicted octanol–water partition coefficient (Wildman–Crippen LogP) is 13.1. The van der Waals surface area contributed by atoms with Gasteiger partial charge < -0.3 is 42.6 Å². The molecule has 474 valence electrons. The van der Waals surface area contributed by atoms with Crippen LogP contribution in [0.1, 0.15) is 239 Å². The van der Waals surface area contributed by atoms with Crippen molar-refractivity contribution in [3.63, 3.8) is 0 Å². The van der Waals surface area contributed by atoms with Gasteiger partial charge in [-0.3, -0.25) is 48.3 Å². The van der Waals surface area contributed by atoms with Crippen LogP contribution in [0.2, 0.25) is 0 Å². The lowest BCUT2D eigenvalue weighted by Gasteiger charge is -2.38. The molecular formula is C74H67N3O16. The lowest BCUT2D eigenvalue weighted by Crippen LogP contribution is -2.32. The van der Waals surface area contributed by atoms with Gasteiger partial charge in [0.15, 0.2) is 0 Å². The van der Waals surface area contributed by atoms with Gasteiger partial charge in [-0.25, -0.2) is 0 Å². The van der Waals surface area contributed by atoms with Gasteiger partial charge in [0.1, 0.15) is 52.6 Å². The average molecular weight is 1250 g/mol. The van der Waals surface area contributed by atoms with E-state index in [1.165, 1.54) is 21.6 Å². The molecule has 0 spiro atoms. The van der Waals surface area contributed by atoms with Crippen molar-refractivity contribution in [3.05, 3.63) is 197 Å². The van der Waals surface area contributed by atoms with Gasteiger partial charge in [0.05, 0.1) is 75.3 Å². The van der Waals surface area contributed by atoms with Gasteiger partial charge >= 0.3 is 5.97 Å². The van der Waals surface area contributed by atoms with E-state index in [2.05, 4.69) is 52.0 Å². The van der Waals surface area contributed by atoms with E-state index in [4.69, 9.17) is 42.6 Å². The fourth-order valence-electron chi connectivity index (χ4n) is 15.5. The van der Waals surface area contributed by atoms with E-state index in [-0.39, 0.29) is 59.6 Å². The summed E-state index contributed by atoms with van der Waals surface area (Å²) in [6.45, 7) is 6.94. The summed E-state index contributed by atoms with van der Waals surface area (Å²) in [6.07, 6.45) is 4.49. The molecule has 0 unspecified atom stereocenters. The summed E-state index contributed by atoms with van der Waals surface area (Å²) in [6, 6.07) is 28.7. The summed E-state index contributed by atoms with van der Waals surface area (Å²) in [4.78, 5) is 105. The quantitative estimate of drug-likeness (QED) is 0.0650. The number of hydrogen-bond acceptors (Lipinski definition) is 16. The van der Waals surface area contributed by atoms with Crippen LogP contribution in [-0.4, -0.2) is 83.3 Å². The molecule has 7 aliphatic heterocycles. The average Bonchev–Trinajstić information content (AvgIpc) is 1.33. The van der Waals surface area contributed by atoms with Crippen LogP contribution in [0.4, 0.5) is 0 Å². The van der Waals surface area contributed by atoms with Crippen molar-refractivity contribution in [1.82, 2.24) is 14.7 Å². The van der Waals surface area contributed by atoms with E-state index in [1.807, 2.05) is 0 Å². The summed E-state index contributed by atoms with van der Waals surface area (Å²) in [7, 11) is 0. The van der Waals surface area contributed by atoms with Crippen molar-refractivity contribution in [2.24, 2.45) is 0 Å². The minimum Gasteiger partial charge on any atom is -0.461 e. The highest BCUT2D eigenvalue weighted by atomic mass is 16.7. The van der Waals surface area contributed by atoms with Gasteiger partial charge in [0.2, 0.25) is 27.2 Å². The predicted molar refractivity (Wildman–Crippen MR) is 335 cm³/mol. The van der Waals surface area contributed by atoms with E-state index in [1.54, 1.807) is 72.8 Å². The maximum Gasteiger partial charge on any atom is 0.302 e. The van der Waals surface area contributed by atoms with Gasteiger partial charge in [0, 0.05) is 75.1 Å². The maximum absolute atomic E-state index is 14.7. The number of fused-ring (bicyclic) bond motifs is 3. The Kier molecular flexibility index (Phi) is 14.9. The summed E-state index contributed by atoms with van der Waals surface area (Å²) in [5.41, 5.74) is 8.92. The molecule has 7 aromatic rings. The lowest BCUT2D eigenvalue weighted by atomic mass is 9.74. The first-order chi connectivity index (χ1) is 45.3. The summed E-state index contributed by atoms with van der Waals surface area (Å²) < 4.78 is 61.9. The lowest BCUT2D eigenvalue weighted by molar-refractivity contribution is -0.142. The molecule has 0 fully saturated rings. The second kappa shape index (κ2) is 23.5. The van der Waals surface area contributed by atoms with Crippen LogP contribution in [0.25, 0.3) is 0 Å². The zero-order chi connectivity index (χ0) is 64.1. The Balaban J connectivity index is 1.07. The number of amides is 6. The molecule has 19 nitrogen and oxygen atoms in total. The number of carbonyl (C=O) groups is 7. The van der Waals surface area contributed by atoms with Gasteiger partial charge in [-0.2, -0.15) is 0 Å². The zero-order valence-corrected chi connectivity index (χ0v) is 52.2. The molecule has 4 atom stereocenters. The molecule has 1 aliphatic carbocycles. The van der Waals surface area contributed by atoms with Crippen LogP contribution in [0.3, 0.4) is 0 Å². The third-order valence-corrected chi connectivity index (χ3v) is 19.5. The highest BCUT2D eigenvalue weighted by Gasteiger charge is 2.46. The highest BCUT2D eigenvalue weighted by Crippen LogP contribution is 2.59. The number of carbonyl (C=O) groups excluding carboxylic acids is 7. The fourth-order valence-corrected chi connectivity index (χ4v) is 15.5. The minimum absolute atomic E-state index is 0.259. The highest BCUT2D eigenvalue weighted by molar-refractivity contribution is 6.23. The van der Waals surface area contributed by atoms with Crippen LogP contribution in [0.15, 0.2) is 97.1 Å². The second-order valence-corrected chi connectivity index (χ2v) is 24.8. The molecule has 0 N–H and O–H groups in total. The summed E-state index contributed by atoms with van der Waals surface area (Å²) in [5.74, 6) is -3.06. The van der Waals surface area contributed by atoms with E-state index >= 15 is 0 Å². The Morgan fingerprint density at radius 3 is 0.753 bits per heavy atom. The largest absolute Gasteiger partial charge is 0.461 e. The van der Waals surface area contributed by atoms with Crippen LogP contribution >= 0.6 is 0 Å².